The van der Waals surface area contributed by atoms with Gasteiger partial charge in [-0.1, -0.05) is 59.7 Å². The molecule has 132 valence electrons. The summed E-state index contributed by atoms with van der Waals surface area (Å²) in [6.07, 6.45) is -0.600. The lowest BCUT2D eigenvalue weighted by Gasteiger charge is -2.15. The van der Waals surface area contributed by atoms with Crippen LogP contribution in [-0.2, 0) is 4.89 Å². The van der Waals surface area contributed by atoms with Crippen molar-refractivity contribution in [3.8, 4) is 5.75 Å². The first-order valence-electron chi connectivity index (χ1n) is 8.32. The average Bonchev–Trinajstić information content (AvgIpc) is 2.65. The molecule has 3 aromatic carbocycles. The van der Waals surface area contributed by atoms with Crippen molar-refractivity contribution in [3.63, 3.8) is 0 Å². The molecule has 0 spiro atoms. The normalized spacial score (nSPS) is 11.8. The van der Waals surface area contributed by atoms with Crippen molar-refractivity contribution in [2.75, 3.05) is 0 Å². The van der Waals surface area contributed by atoms with Crippen molar-refractivity contribution in [1.29, 1.82) is 0 Å². The Kier molecular flexibility index (Phi) is 5.46. The van der Waals surface area contributed by atoms with E-state index in [0.29, 0.717) is 11.3 Å². The number of rotatable bonds is 5. The molecular formula is C22H20O4. The fourth-order valence-corrected chi connectivity index (χ4v) is 2.62. The van der Waals surface area contributed by atoms with Crippen molar-refractivity contribution >= 4 is 5.97 Å². The molecule has 0 fully saturated rings. The molecule has 0 aliphatic carbocycles. The summed E-state index contributed by atoms with van der Waals surface area (Å²) in [6, 6.07) is 21.8. The number of carbonyl (C=O) groups is 1. The summed E-state index contributed by atoms with van der Waals surface area (Å²) >= 11 is 0. The Hall–Kier alpha value is -2.95. The minimum absolute atomic E-state index is 0.411. The predicted octanol–water partition coefficient (Wildman–Crippen LogP) is 5.10. The molecule has 1 unspecified atom stereocenters. The van der Waals surface area contributed by atoms with Crippen LogP contribution in [-0.4, -0.2) is 11.2 Å². The van der Waals surface area contributed by atoms with E-state index in [0.717, 1.165) is 22.3 Å². The Bertz CT molecular complexity index is 866. The maximum Gasteiger partial charge on any atom is 0.343 e. The number of hydrogen-bond donors (Lipinski definition) is 1. The van der Waals surface area contributed by atoms with Crippen LogP contribution in [0.25, 0.3) is 0 Å². The summed E-state index contributed by atoms with van der Waals surface area (Å²) in [4.78, 5) is 16.8. The van der Waals surface area contributed by atoms with Crippen LogP contribution in [0.2, 0.25) is 0 Å². The highest BCUT2D eigenvalue weighted by Crippen LogP contribution is 2.27. The van der Waals surface area contributed by atoms with Gasteiger partial charge in [0.05, 0.1) is 5.56 Å². The molecule has 3 rings (SSSR count). The summed E-state index contributed by atoms with van der Waals surface area (Å²) < 4.78 is 5.39. The number of benzene rings is 3. The van der Waals surface area contributed by atoms with Gasteiger partial charge in [-0.15, -0.1) is 0 Å². The first-order chi connectivity index (χ1) is 12.6. The van der Waals surface area contributed by atoms with E-state index >= 15 is 0 Å². The molecule has 0 heterocycles. The van der Waals surface area contributed by atoms with Gasteiger partial charge in [0.2, 0.25) is 0 Å². The Morgan fingerprint density at radius 2 is 1.23 bits per heavy atom. The average molecular weight is 348 g/mol. The van der Waals surface area contributed by atoms with Crippen LogP contribution in [0, 0.1) is 13.8 Å². The van der Waals surface area contributed by atoms with E-state index < -0.39 is 12.1 Å². The fourth-order valence-electron chi connectivity index (χ4n) is 2.62. The molecule has 0 aliphatic rings. The number of aryl methyl sites for hydroxylation is 2. The van der Waals surface area contributed by atoms with E-state index in [1.54, 1.807) is 36.4 Å². The van der Waals surface area contributed by atoms with Gasteiger partial charge in [0.15, 0.2) is 0 Å². The first-order valence-corrected chi connectivity index (χ1v) is 8.32. The topological polar surface area (TPSA) is 55.8 Å². The predicted molar refractivity (Wildman–Crippen MR) is 99.3 cm³/mol. The van der Waals surface area contributed by atoms with Crippen LogP contribution in [0.5, 0.6) is 5.75 Å². The summed E-state index contributed by atoms with van der Waals surface area (Å²) in [5, 5.41) is 9.30. The van der Waals surface area contributed by atoms with Gasteiger partial charge in [-0.2, -0.15) is 0 Å². The highest BCUT2D eigenvalue weighted by atomic mass is 17.1. The third-order valence-electron chi connectivity index (χ3n) is 4.17. The van der Waals surface area contributed by atoms with Gasteiger partial charge in [-0.05, 0) is 49.2 Å². The number of hydrogen-bond acceptors (Lipinski definition) is 4. The van der Waals surface area contributed by atoms with Crippen molar-refractivity contribution in [2.45, 2.75) is 20.0 Å². The lowest BCUT2D eigenvalue weighted by molar-refractivity contribution is -0.270. The van der Waals surface area contributed by atoms with Gasteiger partial charge in [0.25, 0.3) is 0 Å². The maximum atomic E-state index is 12.2. The van der Waals surface area contributed by atoms with Crippen LogP contribution in [0.15, 0.2) is 72.8 Å². The quantitative estimate of drug-likeness (QED) is 0.302. The molecular weight excluding hydrogens is 328 g/mol. The Labute approximate surface area is 152 Å². The monoisotopic (exact) mass is 348 g/mol. The third kappa shape index (κ3) is 4.17. The van der Waals surface area contributed by atoms with Crippen LogP contribution in [0.4, 0.5) is 0 Å². The Morgan fingerprint density at radius 3 is 1.73 bits per heavy atom. The molecule has 26 heavy (non-hydrogen) atoms. The second kappa shape index (κ2) is 7.95. The molecule has 0 saturated carbocycles. The molecule has 4 nitrogen and oxygen atoms in total. The van der Waals surface area contributed by atoms with Crippen molar-refractivity contribution in [1.82, 2.24) is 0 Å². The van der Waals surface area contributed by atoms with Crippen molar-refractivity contribution < 1.29 is 19.7 Å². The molecule has 0 saturated heterocycles. The van der Waals surface area contributed by atoms with E-state index in [2.05, 4.69) is 4.89 Å². The summed E-state index contributed by atoms with van der Waals surface area (Å²) in [6.45, 7) is 3.96. The van der Waals surface area contributed by atoms with Crippen LogP contribution in [0.3, 0.4) is 0 Å². The van der Waals surface area contributed by atoms with Gasteiger partial charge in [-0.25, -0.2) is 9.68 Å². The zero-order valence-corrected chi connectivity index (χ0v) is 14.7. The van der Waals surface area contributed by atoms with E-state index in [4.69, 9.17) is 4.74 Å². The Balaban J connectivity index is 1.73. The fraction of sp³-hybridized carbons (Fsp3) is 0.136. The van der Waals surface area contributed by atoms with Crippen LogP contribution in [0.1, 0.15) is 38.7 Å². The summed E-state index contributed by atoms with van der Waals surface area (Å²) in [5.74, 6) is 0.0196. The number of carbonyl (C=O) groups excluding carboxylic acids is 1. The van der Waals surface area contributed by atoms with E-state index in [9.17, 15) is 10.1 Å². The van der Waals surface area contributed by atoms with Gasteiger partial charge in [0, 0.05) is 0 Å². The molecule has 3 aromatic rings. The first kappa shape index (κ1) is 17.9. The standard InChI is InChI=1S/C22H20O4/c1-15-3-7-17(8-4-15)21(26-24)18-11-13-20(14-12-18)25-22(23)19-9-5-16(2)6-10-19/h3-14,21,24H,1-2H3. The number of esters is 1. The summed E-state index contributed by atoms with van der Waals surface area (Å²) in [5.41, 5.74) is 4.30. The zero-order valence-electron chi connectivity index (χ0n) is 14.7. The van der Waals surface area contributed by atoms with Crippen LogP contribution >= 0.6 is 0 Å². The SMILES string of the molecule is Cc1ccc(C(=O)Oc2ccc(C(OO)c3ccc(C)cc3)cc2)cc1. The minimum atomic E-state index is -0.600. The van der Waals surface area contributed by atoms with Crippen molar-refractivity contribution in [3.05, 3.63) is 101 Å². The molecule has 4 heteroatoms. The Morgan fingerprint density at radius 1 is 0.769 bits per heavy atom. The molecule has 1 atom stereocenters. The molecule has 0 aromatic heterocycles. The number of ether oxygens (including phenoxy) is 1. The zero-order chi connectivity index (χ0) is 18.5. The van der Waals surface area contributed by atoms with Gasteiger partial charge in [-0.3, -0.25) is 5.26 Å². The largest absolute Gasteiger partial charge is 0.423 e. The maximum absolute atomic E-state index is 12.2. The lowest BCUT2D eigenvalue weighted by Crippen LogP contribution is -2.09. The molecule has 0 radical (unpaired) electrons. The van der Waals surface area contributed by atoms with Gasteiger partial charge >= 0.3 is 5.97 Å². The smallest absolute Gasteiger partial charge is 0.343 e. The van der Waals surface area contributed by atoms with E-state index in [1.807, 2.05) is 50.2 Å². The van der Waals surface area contributed by atoms with E-state index in [1.165, 1.54) is 0 Å². The second-order valence-electron chi connectivity index (χ2n) is 6.22. The van der Waals surface area contributed by atoms with Gasteiger partial charge in [0.1, 0.15) is 11.9 Å². The van der Waals surface area contributed by atoms with Crippen molar-refractivity contribution in [2.24, 2.45) is 0 Å². The molecule has 0 bridgehead atoms. The lowest BCUT2D eigenvalue weighted by atomic mass is 10.0. The summed E-state index contributed by atoms with van der Waals surface area (Å²) in [7, 11) is 0. The van der Waals surface area contributed by atoms with Crippen LogP contribution < -0.4 is 4.74 Å². The second-order valence-corrected chi connectivity index (χ2v) is 6.22. The van der Waals surface area contributed by atoms with Gasteiger partial charge < -0.3 is 4.74 Å². The molecule has 1 N–H and O–H groups in total. The highest BCUT2D eigenvalue weighted by molar-refractivity contribution is 5.91. The highest BCUT2D eigenvalue weighted by Gasteiger charge is 2.15. The third-order valence-corrected chi connectivity index (χ3v) is 4.17. The minimum Gasteiger partial charge on any atom is -0.423 e. The molecule has 0 amide bonds. The molecule has 0 aliphatic heterocycles. The van der Waals surface area contributed by atoms with E-state index in [-0.39, 0.29) is 0 Å².